The molecule has 0 aliphatic carbocycles. The molecule has 0 fully saturated rings. The normalized spacial score (nSPS) is 11.3. The van der Waals surface area contributed by atoms with Crippen LogP contribution < -0.4 is 4.74 Å². The summed E-state index contributed by atoms with van der Waals surface area (Å²) >= 11 is 5.72. The Kier molecular flexibility index (Phi) is 7.70. The minimum atomic E-state index is -0.399. The molecule has 30 heavy (non-hydrogen) atoms. The maximum absolute atomic E-state index is 13.3. The molecule has 3 aromatic rings. The number of hydrogen-bond donors (Lipinski definition) is 0. The highest BCUT2D eigenvalue weighted by Gasteiger charge is 2.32. The Morgan fingerprint density at radius 1 is 0.900 bits per heavy atom. The number of alkyl halides is 1. The molecule has 0 spiro atoms. The van der Waals surface area contributed by atoms with Crippen LogP contribution in [0.4, 0.5) is 0 Å². The van der Waals surface area contributed by atoms with Gasteiger partial charge in [0.05, 0.1) is 6.61 Å². The van der Waals surface area contributed by atoms with Crippen molar-refractivity contribution in [1.29, 1.82) is 0 Å². The van der Waals surface area contributed by atoms with E-state index in [9.17, 15) is 4.79 Å². The standard InChI is InChI=1S/C27H29ClO2/c1-21-19-22(15-16-26(21)30-18-10-9-17-28)25(29)20-27(2,23-11-5-3-6-12-23)24-13-7-4-8-14-24/h3-8,11-16,19H,9-10,17-18,20H2,1-2H3. The molecule has 0 aliphatic rings. The summed E-state index contributed by atoms with van der Waals surface area (Å²) in [5.41, 5.74) is 3.58. The Morgan fingerprint density at radius 2 is 1.50 bits per heavy atom. The van der Waals surface area contributed by atoms with Crippen molar-refractivity contribution in [3.8, 4) is 5.75 Å². The summed E-state index contributed by atoms with van der Waals surface area (Å²) in [5.74, 6) is 1.61. The maximum Gasteiger partial charge on any atom is 0.164 e. The zero-order valence-electron chi connectivity index (χ0n) is 17.7. The minimum Gasteiger partial charge on any atom is -0.493 e. The van der Waals surface area contributed by atoms with Gasteiger partial charge in [-0.25, -0.2) is 0 Å². The van der Waals surface area contributed by atoms with E-state index >= 15 is 0 Å². The molecule has 0 saturated carbocycles. The number of ether oxygens (including phenoxy) is 1. The number of halogens is 1. The molecule has 0 heterocycles. The van der Waals surface area contributed by atoms with Gasteiger partial charge >= 0.3 is 0 Å². The summed E-state index contributed by atoms with van der Waals surface area (Å²) in [4.78, 5) is 13.3. The molecule has 0 aliphatic heterocycles. The molecule has 0 radical (unpaired) electrons. The fourth-order valence-corrected chi connectivity index (χ4v) is 3.96. The van der Waals surface area contributed by atoms with Crippen LogP contribution in [0.1, 0.15) is 53.2 Å². The summed E-state index contributed by atoms with van der Waals surface area (Å²) in [7, 11) is 0. The number of aryl methyl sites for hydroxylation is 1. The summed E-state index contributed by atoms with van der Waals surface area (Å²) in [6.45, 7) is 4.78. The predicted molar refractivity (Wildman–Crippen MR) is 125 cm³/mol. The first-order valence-electron chi connectivity index (χ1n) is 10.5. The minimum absolute atomic E-state index is 0.127. The molecule has 0 saturated heterocycles. The lowest BCUT2D eigenvalue weighted by atomic mass is 9.72. The number of carbonyl (C=O) groups excluding carboxylic acids is 1. The van der Waals surface area contributed by atoms with E-state index in [2.05, 4.69) is 31.2 Å². The van der Waals surface area contributed by atoms with Crippen LogP contribution in [0.5, 0.6) is 5.75 Å². The second kappa shape index (κ2) is 10.4. The second-order valence-electron chi connectivity index (χ2n) is 7.89. The third kappa shape index (κ3) is 5.31. The number of unbranched alkanes of at least 4 members (excludes halogenated alkanes) is 1. The summed E-state index contributed by atoms with van der Waals surface area (Å²) in [6, 6.07) is 26.3. The van der Waals surface area contributed by atoms with E-state index < -0.39 is 5.41 Å². The molecule has 3 heteroatoms. The topological polar surface area (TPSA) is 26.3 Å². The van der Waals surface area contributed by atoms with Gasteiger partial charge in [-0.3, -0.25) is 4.79 Å². The number of carbonyl (C=O) groups is 1. The van der Waals surface area contributed by atoms with E-state index in [1.807, 2.05) is 61.5 Å². The van der Waals surface area contributed by atoms with Crippen molar-refractivity contribution in [3.05, 3.63) is 101 Å². The van der Waals surface area contributed by atoms with E-state index in [0.717, 1.165) is 40.8 Å². The zero-order valence-corrected chi connectivity index (χ0v) is 18.5. The fraction of sp³-hybridized carbons (Fsp3) is 0.296. The van der Waals surface area contributed by atoms with Crippen LogP contribution in [-0.4, -0.2) is 18.3 Å². The lowest BCUT2D eigenvalue weighted by Crippen LogP contribution is -2.27. The van der Waals surface area contributed by atoms with Gasteiger partial charge in [0.2, 0.25) is 0 Å². The first-order chi connectivity index (χ1) is 14.5. The second-order valence-corrected chi connectivity index (χ2v) is 8.27. The lowest BCUT2D eigenvalue weighted by Gasteiger charge is -2.30. The first-order valence-corrected chi connectivity index (χ1v) is 11.0. The maximum atomic E-state index is 13.3. The van der Waals surface area contributed by atoms with E-state index in [-0.39, 0.29) is 5.78 Å². The summed E-state index contributed by atoms with van der Waals surface area (Å²) in [6.07, 6.45) is 2.27. The monoisotopic (exact) mass is 420 g/mol. The molecule has 2 nitrogen and oxygen atoms in total. The molecule has 0 amide bonds. The highest BCUT2D eigenvalue weighted by atomic mass is 35.5. The highest BCUT2D eigenvalue weighted by molar-refractivity contribution is 6.17. The smallest absolute Gasteiger partial charge is 0.164 e. The van der Waals surface area contributed by atoms with Gasteiger partial charge in [-0.2, -0.15) is 0 Å². The molecule has 0 atom stereocenters. The van der Waals surface area contributed by atoms with Gasteiger partial charge in [0.15, 0.2) is 5.78 Å². The van der Waals surface area contributed by atoms with Crippen LogP contribution in [0.15, 0.2) is 78.9 Å². The molecule has 3 rings (SSSR count). The Bertz CT molecular complexity index is 912. The van der Waals surface area contributed by atoms with Crippen LogP contribution in [0, 0.1) is 6.92 Å². The lowest BCUT2D eigenvalue weighted by molar-refractivity contribution is 0.0962. The fourth-order valence-electron chi connectivity index (χ4n) is 3.77. The molecule has 0 bridgehead atoms. The van der Waals surface area contributed by atoms with Crippen molar-refractivity contribution in [3.63, 3.8) is 0 Å². The van der Waals surface area contributed by atoms with Crippen molar-refractivity contribution in [2.24, 2.45) is 0 Å². The van der Waals surface area contributed by atoms with Gasteiger partial charge in [0.25, 0.3) is 0 Å². The van der Waals surface area contributed by atoms with Gasteiger partial charge in [0, 0.05) is 23.3 Å². The molecular formula is C27H29ClO2. The molecule has 0 aromatic heterocycles. The molecule has 156 valence electrons. The van der Waals surface area contributed by atoms with Gasteiger partial charge < -0.3 is 4.74 Å². The SMILES string of the molecule is Cc1cc(C(=O)CC(C)(c2ccccc2)c2ccccc2)ccc1OCCCCCl. The van der Waals surface area contributed by atoms with Crippen molar-refractivity contribution in [1.82, 2.24) is 0 Å². The van der Waals surface area contributed by atoms with Gasteiger partial charge in [-0.1, -0.05) is 67.6 Å². The number of hydrogen-bond acceptors (Lipinski definition) is 2. The molecule has 3 aromatic carbocycles. The third-order valence-electron chi connectivity index (χ3n) is 5.62. The van der Waals surface area contributed by atoms with E-state index in [4.69, 9.17) is 16.3 Å². The van der Waals surface area contributed by atoms with Crippen LogP contribution in [-0.2, 0) is 5.41 Å². The van der Waals surface area contributed by atoms with Crippen LogP contribution >= 0.6 is 11.6 Å². The van der Waals surface area contributed by atoms with E-state index in [1.54, 1.807) is 0 Å². The average Bonchev–Trinajstić information content (AvgIpc) is 2.78. The zero-order chi connectivity index (χ0) is 21.4. The average molecular weight is 421 g/mol. The van der Waals surface area contributed by atoms with Gasteiger partial charge in [-0.05, 0) is 54.7 Å². The Balaban J connectivity index is 1.82. The van der Waals surface area contributed by atoms with Crippen molar-refractivity contribution in [2.45, 2.75) is 38.5 Å². The largest absolute Gasteiger partial charge is 0.493 e. The third-order valence-corrected chi connectivity index (χ3v) is 5.89. The molecule has 0 N–H and O–H groups in total. The number of benzene rings is 3. The van der Waals surface area contributed by atoms with Crippen LogP contribution in [0.25, 0.3) is 0 Å². The quantitative estimate of drug-likeness (QED) is 0.201. The Labute approximate surface area is 184 Å². The van der Waals surface area contributed by atoms with Crippen molar-refractivity contribution < 1.29 is 9.53 Å². The summed E-state index contributed by atoms with van der Waals surface area (Å²) in [5, 5.41) is 0. The van der Waals surface area contributed by atoms with Crippen LogP contribution in [0.3, 0.4) is 0 Å². The molecule has 0 unspecified atom stereocenters. The van der Waals surface area contributed by atoms with Gasteiger partial charge in [-0.15, -0.1) is 11.6 Å². The Hall–Kier alpha value is -2.58. The van der Waals surface area contributed by atoms with Crippen molar-refractivity contribution in [2.75, 3.05) is 12.5 Å². The van der Waals surface area contributed by atoms with E-state index in [0.29, 0.717) is 18.9 Å². The van der Waals surface area contributed by atoms with Crippen molar-refractivity contribution >= 4 is 17.4 Å². The van der Waals surface area contributed by atoms with Crippen LogP contribution in [0.2, 0.25) is 0 Å². The predicted octanol–water partition coefficient (Wildman–Crippen LogP) is 6.97. The first kappa shape index (κ1) is 22.1. The number of ketones is 1. The molecular weight excluding hydrogens is 392 g/mol. The number of Topliss-reactive ketones (excluding diaryl/α,β-unsaturated/α-hetero) is 1. The Morgan fingerprint density at radius 3 is 2.03 bits per heavy atom. The van der Waals surface area contributed by atoms with E-state index in [1.165, 1.54) is 0 Å². The number of rotatable bonds is 10. The van der Waals surface area contributed by atoms with Gasteiger partial charge in [0.1, 0.15) is 5.75 Å². The highest BCUT2D eigenvalue weighted by Crippen LogP contribution is 2.36. The summed E-state index contributed by atoms with van der Waals surface area (Å²) < 4.78 is 5.84.